The van der Waals surface area contributed by atoms with E-state index >= 15 is 0 Å². The number of benzene rings is 10. The SMILES string of the molecule is c1ccc(-c2cccc(-c3cc(-c4ccc(-c5ccc6c(c5)-c5c(ccc7ccccc57)C6(c5ccccc5)c5ccccc5)c5ccccc45)nc(-c4ccccc4)n3)c2)cc1. The molecule has 63 heavy (non-hydrogen) atoms. The highest BCUT2D eigenvalue weighted by Crippen LogP contribution is 2.58. The molecule has 0 saturated carbocycles. The lowest BCUT2D eigenvalue weighted by atomic mass is 9.67. The van der Waals surface area contributed by atoms with Gasteiger partial charge in [-0.05, 0) is 95.4 Å². The zero-order valence-corrected chi connectivity index (χ0v) is 34.5. The number of hydrogen-bond donors (Lipinski definition) is 0. The molecule has 0 spiro atoms. The quantitative estimate of drug-likeness (QED) is 0.160. The Morgan fingerprint density at radius 2 is 0.825 bits per heavy atom. The van der Waals surface area contributed by atoms with Crippen molar-refractivity contribution in [1.82, 2.24) is 9.97 Å². The first-order valence-electron chi connectivity index (χ1n) is 21.6. The Kier molecular flexibility index (Phi) is 8.76. The maximum absolute atomic E-state index is 5.30. The smallest absolute Gasteiger partial charge is 0.160 e. The van der Waals surface area contributed by atoms with E-state index in [9.17, 15) is 0 Å². The standard InChI is InChI=1S/C61H40N2/c1-5-18-41(19-6-1)44-23-17-24-46(38-44)57-40-58(63-60(62-57)43-21-7-2-8-22-43)53-35-34-49(51-30-15-16-31-52(51)53)45-33-36-55-54(39-45)59-50-29-14-13-20-42(50)32-37-56(59)61(55,47-25-9-3-10-26-47)48-27-11-4-12-28-48/h1-40H. The predicted molar refractivity (Wildman–Crippen MR) is 262 cm³/mol. The molecule has 1 aliphatic rings. The second-order valence-electron chi connectivity index (χ2n) is 16.4. The first kappa shape index (κ1) is 36.6. The molecule has 2 heteroatoms. The fraction of sp³-hybridized carbons (Fsp3) is 0.0164. The highest BCUT2D eigenvalue weighted by atomic mass is 14.9. The zero-order chi connectivity index (χ0) is 41.7. The second kappa shape index (κ2) is 15.1. The Morgan fingerprint density at radius 1 is 0.286 bits per heavy atom. The van der Waals surface area contributed by atoms with Crippen molar-refractivity contribution in [2.75, 3.05) is 0 Å². The summed E-state index contributed by atoms with van der Waals surface area (Å²) in [5, 5.41) is 4.83. The monoisotopic (exact) mass is 800 g/mol. The molecule has 1 heterocycles. The average Bonchev–Trinajstić information content (AvgIpc) is 3.68. The summed E-state index contributed by atoms with van der Waals surface area (Å²) < 4.78 is 0. The molecule has 0 radical (unpaired) electrons. The first-order valence-corrected chi connectivity index (χ1v) is 21.6. The van der Waals surface area contributed by atoms with Gasteiger partial charge in [0.25, 0.3) is 0 Å². The summed E-state index contributed by atoms with van der Waals surface area (Å²) in [5.41, 5.74) is 16.8. The summed E-state index contributed by atoms with van der Waals surface area (Å²) in [6.45, 7) is 0. The van der Waals surface area contributed by atoms with E-state index in [0.29, 0.717) is 5.82 Å². The largest absolute Gasteiger partial charge is 0.228 e. The Bertz CT molecular complexity index is 3450. The fourth-order valence-corrected chi connectivity index (χ4v) is 10.1. The van der Waals surface area contributed by atoms with Gasteiger partial charge in [-0.1, -0.05) is 224 Å². The molecule has 0 N–H and O–H groups in total. The molecule has 0 unspecified atom stereocenters. The van der Waals surface area contributed by atoms with Crippen LogP contribution in [0.2, 0.25) is 0 Å². The lowest BCUT2D eigenvalue weighted by Crippen LogP contribution is -2.28. The van der Waals surface area contributed by atoms with Crippen LogP contribution in [0.5, 0.6) is 0 Å². The second-order valence-corrected chi connectivity index (χ2v) is 16.4. The highest BCUT2D eigenvalue weighted by Gasteiger charge is 2.46. The molecule has 0 amide bonds. The molecular formula is C61H40N2. The van der Waals surface area contributed by atoms with Gasteiger partial charge in [-0.3, -0.25) is 0 Å². The van der Waals surface area contributed by atoms with Gasteiger partial charge in [-0.25, -0.2) is 9.97 Å². The minimum Gasteiger partial charge on any atom is -0.228 e. The van der Waals surface area contributed by atoms with Crippen LogP contribution < -0.4 is 0 Å². The van der Waals surface area contributed by atoms with Crippen molar-refractivity contribution < 1.29 is 0 Å². The minimum absolute atomic E-state index is 0.483. The van der Waals surface area contributed by atoms with E-state index < -0.39 is 5.41 Å². The lowest BCUT2D eigenvalue weighted by Gasteiger charge is -2.34. The van der Waals surface area contributed by atoms with Crippen LogP contribution in [0.1, 0.15) is 22.3 Å². The van der Waals surface area contributed by atoms with E-state index in [1.54, 1.807) is 0 Å². The fourth-order valence-electron chi connectivity index (χ4n) is 10.1. The van der Waals surface area contributed by atoms with E-state index in [2.05, 4.69) is 224 Å². The van der Waals surface area contributed by atoms with Crippen molar-refractivity contribution in [3.8, 4) is 67.3 Å². The average molecular weight is 801 g/mol. The summed E-state index contributed by atoms with van der Waals surface area (Å²) in [7, 11) is 0. The van der Waals surface area contributed by atoms with Crippen molar-refractivity contribution in [2.24, 2.45) is 0 Å². The van der Waals surface area contributed by atoms with Crippen LogP contribution in [-0.2, 0) is 5.41 Å². The third-order valence-electron chi connectivity index (χ3n) is 13.0. The van der Waals surface area contributed by atoms with Gasteiger partial charge in [0.1, 0.15) is 0 Å². The maximum atomic E-state index is 5.30. The minimum atomic E-state index is -0.483. The molecule has 12 rings (SSSR count). The first-order chi connectivity index (χ1) is 31.2. The van der Waals surface area contributed by atoms with Crippen LogP contribution in [-0.4, -0.2) is 9.97 Å². The topological polar surface area (TPSA) is 25.8 Å². The molecule has 0 atom stereocenters. The van der Waals surface area contributed by atoms with Gasteiger partial charge < -0.3 is 0 Å². The van der Waals surface area contributed by atoms with E-state index in [4.69, 9.17) is 9.97 Å². The van der Waals surface area contributed by atoms with Gasteiger partial charge in [0.2, 0.25) is 0 Å². The molecule has 1 aliphatic carbocycles. The van der Waals surface area contributed by atoms with Crippen LogP contribution in [0, 0.1) is 0 Å². The molecule has 0 saturated heterocycles. The third-order valence-corrected chi connectivity index (χ3v) is 13.0. The maximum Gasteiger partial charge on any atom is 0.160 e. The van der Waals surface area contributed by atoms with Crippen molar-refractivity contribution >= 4 is 21.5 Å². The number of fused-ring (bicyclic) bond motifs is 6. The van der Waals surface area contributed by atoms with E-state index in [1.807, 2.05) is 18.2 Å². The van der Waals surface area contributed by atoms with Gasteiger partial charge in [0, 0.05) is 16.7 Å². The summed E-state index contributed by atoms with van der Waals surface area (Å²) in [4.78, 5) is 10.5. The lowest BCUT2D eigenvalue weighted by molar-refractivity contribution is 0.769. The van der Waals surface area contributed by atoms with Crippen LogP contribution in [0.15, 0.2) is 243 Å². The van der Waals surface area contributed by atoms with Crippen LogP contribution in [0.4, 0.5) is 0 Å². The predicted octanol–water partition coefficient (Wildman–Crippen LogP) is 15.5. The highest BCUT2D eigenvalue weighted by molar-refractivity contribution is 6.08. The van der Waals surface area contributed by atoms with Gasteiger partial charge in [0.05, 0.1) is 16.8 Å². The number of rotatable bonds is 7. The molecular weight excluding hydrogens is 761 g/mol. The van der Waals surface area contributed by atoms with Crippen LogP contribution in [0.3, 0.4) is 0 Å². The van der Waals surface area contributed by atoms with Gasteiger partial charge in [-0.15, -0.1) is 0 Å². The van der Waals surface area contributed by atoms with Gasteiger partial charge in [0.15, 0.2) is 5.82 Å². The molecule has 10 aromatic carbocycles. The normalized spacial score (nSPS) is 12.6. The Morgan fingerprint density at radius 3 is 1.54 bits per heavy atom. The van der Waals surface area contributed by atoms with E-state index in [0.717, 1.165) is 39.0 Å². The Balaban J connectivity index is 1.05. The van der Waals surface area contributed by atoms with Crippen LogP contribution in [0.25, 0.3) is 88.8 Å². The number of nitrogens with zero attached hydrogens (tertiary/aromatic N) is 2. The van der Waals surface area contributed by atoms with E-state index in [-0.39, 0.29) is 0 Å². The third kappa shape index (κ3) is 6.02. The molecule has 294 valence electrons. The molecule has 2 nitrogen and oxygen atoms in total. The van der Waals surface area contributed by atoms with E-state index in [1.165, 1.54) is 66.2 Å². The van der Waals surface area contributed by atoms with Crippen molar-refractivity contribution in [3.63, 3.8) is 0 Å². The number of hydrogen-bond acceptors (Lipinski definition) is 2. The summed E-state index contributed by atoms with van der Waals surface area (Å²) >= 11 is 0. The number of aromatic nitrogens is 2. The van der Waals surface area contributed by atoms with Crippen molar-refractivity contribution in [1.29, 1.82) is 0 Å². The Hall–Kier alpha value is -8.20. The molecule has 0 aliphatic heterocycles. The molecule has 0 bridgehead atoms. The van der Waals surface area contributed by atoms with Crippen molar-refractivity contribution in [2.45, 2.75) is 5.41 Å². The van der Waals surface area contributed by atoms with Crippen molar-refractivity contribution in [3.05, 3.63) is 265 Å². The Labute approximate surface area is 367 Å². The van der Waals surface area contributed by atoms with Crippen LogP contribution >= 0.6 is 0 Å². The molecule has 11 aromatic rings. The van der Waals surface area contributed by atoms with Gasteiger partial charge >= 0.3 is 0 Å². The molecule has 1 aromatic heterocycles. The summed E-state index contributed by atoms with van der Waals surface area (Å²) in [6.07, 6.45) is 0. The summed E-state index contributed by atoms with van der Waals surface area (Å²) in [5.74, 6) is 0.700. The van der Waals surface area contributed by atoms with Gasteiger partial charge in [-0.2, -0.15) is 0 Å². The zero-order valence-electron chi connectivity index (χ0n) is 34.5. The summed E-state index contributed by atoms with van der Waals surface area (Å²) in [6, 6.07) is 87.8. The molecule has 0 fully saturated rings.